The van der Waals surface area contributed by atoms with Crippen molar-refractivity contribution in [2.45, 2.75) is 20.3 Å². The molecule has 5 heteroatoms. The number of nitrogens with two attached hydrogens (primary N) is 1. The van der Waals surface area contributed by atoms with E-state index in [1.165, 1.54) is 18.2 Å². The average molecular weight is 316 g/mol. The van der Waals surface area contributed by atoms with Gasteiger partial charge in [0.1, 0.15) is 0 Å². The summed E-state index contributed by atoms with van der Waals surface area (Å²) >= 11 is 0. The Balaban J connectivity index is 0.000000379. The molecule has 23 heavy (non-hydrogen) atoms. The SMILES string of the molecule is COC(=O)CN.Cc1cccc(Cc2c(C)ccn(C)c2=O)c1. The predicted molar refractivity (Wildman–Crippen MR) is 91.5 cm³/mol. The number of ether oxygens (including phenoxy) is 1. The first-order chi connectivity index (χ1) is 10.9. The molecule has 0 unspecified atom stereocenters. The van der Waals surface area contributed by atoms with Crippen LogP contribution in [0.3, 0.4) is 0 Å². The molecule has 0 bridgehead atoms. The van der Waals surface area contributed by atoms with E-state index < -0.39 is 0 Å². The summed E-state index contributed by atoms with van der Waals surface area (Å²) in [4.78, 5) is 21.9. The van der Waals surface area contributed by atoms with Gasteiger partial charge in [0.15, 0.2) is 0 Å². The molecule has 0 saturated carbocycles. The fourth-order valence-electron chi connectivity index (χ4n) is 2.10. The lowest BCUT2D eigenvalue weighted by Crippen LogP contribution is -2.21. The molecule has 2 aromatic rings. The van der Waals surface area contributed by atoms with E-state index >= 15 is 0 Å². The van der Waals surface area contributed by atoms with Gasteiger partial charge in [0.2, 0.25) is 0 Å². The third kappa shape index (κ3) is 5.71. The molecule has 1 heterocycles. The summed E-state index contributed by atoms with van der Waals surface area (Å²) in [6.45, 7) is 4.03. The Morgan fingerprint density at radius 1 is 1.26 bits per heavy atom. The number of rotatable bonds is 3. The second kappa shape index (κ2) is 8.90. The number of methoxy groups -OCH3 is 1. The van der Waals surface area contributed by atoms with Crippen molar-refractivity contribution in [3.8, 4) is 0 Å². The number of hydrogen-bond donors (Lipinski definition) is 1. The zero-order chi connectivity index (χ0) is 17.4. The summed E-state index contributed by atoms with van der Waals surface area (Å²) in [5.74, 6) is -0.380. The minimum Gasteiger partial charge on any atom is -0.468 e. The normalized spacial score (nSPS) is 9.78. The maximum absolute atomic E-state index is 12.0. The first kappa shape index (κ1) is 18.6. The number of carbonyl (C=O) groups is 1. The van der Waals surface area contributed by atoms with Gasteiger partial charge in [0.25, 0.3) is 5.56 Å². The van der Waals surface area contributed by atoms with Crippen molar-refractivity contribution >= 4 is 5.97 Å². The van der Waals surface area contributed by atoms with Crippen LogP contribution in [0.5, 0.6) is 0 Å². The molecular formula is C18H24N2O3. The number of hydrogen-bond acceptors (Lipinski definition) is 4. The number of aromatic nitrogens is 1. The van der Waals surface area contributed by atoms with Crippen molar-refractivity contribution in [1.29, 1.82) is 0 Å². The predicted octanol–water partition coefficient (Wildman–Crippen LogP) is 1.71. The van der Waals surface area contributed by atoms with Crippen molar-refractivity contribution in [2.24, 2.45) is 12.8 Å². The van der Waals surface area contributed by atoms with Crippen LogP contribution in [0.25, 0.3) is 0 Å². The summed E-state index contributed by atoms with van der Waals surface area (Å²) < 4.78 is 5.77. The first-order valence-electron chi connectivity index (χ1n) is 7.36. The number of esters is 1. The molecule has 2 rings (SSSR count). The Morgan fingerprint density at radius 2 is 1.96 bits per heavy atom. The highest BCUT2D eigenvalue weighted by molar-refractivity contribution is 5.70. The Kier molecular flexibility index (Phi) is 7.22. The number of carbonyl (C=O) groups excluding carboxylic acids is 1. The first-order valence-corrected chi connectivity index (χ1v) is 7.36. The topological polar surface area (TPSA) is 74.3 Å². The van der Waals surface area contributed by atoms with Gasteiger partial charge in [-0.2, -0.15) is 0 Å². The lowest BCUT2D eigenvalue weighted by molar-refractivity contribution is -0.138. The Morgan fingerprint density at radius 3 is 2.48 bits per heavy atom. The summed E-state index contributed by atoms with van der Waals surface area (Å²) in [5.41, 5.74) is 9.29. The minimum absolute atomic E-state index is 0.0312. The van der Waals surface area contributed by atoms with Crippen LogP contribution in [0.2, 0.25) is 0 Å². The molecule has 2 N–H and O–H groups in total. The van der Waals surface area contributed by atoms with E-state index in [0.717, 1.165) is 11.1 Å². The summed E-state index contributed by atoms with van der Waals surface area (Å²) in [7, 11) is 3.09. The Hall–Kier alpha value is -2.40. The highest BCUT2D eigenvalue weighted by atomic mass is 16.5. The fraction of sp³-hybridized carbons (Fsp3) is 0.333. The van der Waals surface area contributed by atoms with Gasteiger partial charge in [0.05, 0.1) is 13.7 Å². The van der Waals surface area contributed by atoms with Gasteiger partial charge in [-0.05, 0) is 31.0 Å². The average Bonchev–Trinajstić information content (AvgIpc) is 2.55. The van der Waals surface area contributed by atoms with Crippen molar-refractivity contribution < 1.29 is 9.53 Å². The van der Waals surface area contributed by atoms with Gasteiger partial charge in [-0.3, -0.25) is 9.59 Å². The number of benzene rings is 1. The maximum Gasteiger partial charge on any atom is 0.319 e. The zero-order valence-electron chi connectivity index (χ0n) is 14.1. The minimum atomic E-state index is -0.380. The van der Waals surface area contributed by atoms with Gasteiger partial charge in [-0.1, -0.05) is 29.8 Å². The third-order valence-electron chi connectivity index (χ3n) is 3.46. The molecule has 0 spiro atoms. The molecule has 0 radical (unpaired) electrons. The van der Waals surface area contributed by atoms with Gasteiger partial charge >= 0.3 is 5.97 Å². The molecule has 0 saturated heterocycles. The van der Waals surface area contributed by atoms with E-state index in [1.807, 2.05) is 25.3 Å². The van der Waals surface area contributed by atoms with Gasteiger partial charge in [-0.15, -0.1) is 0 Å². The van der Waals surface area contributed by atoms with Crippen LogP contribution in [0.15, 0.2) is 41.3 Å². The van der Waals surface area contributed by atoms with Gasteiger partial charge < -0.3 is 15.0 Å². The van der Waals surface area contributed by atoms with Crippen LogP contribution in [0, 0.1) is 13.8 Å². The number of nitrogens with zero attached hydrogens (tertiary/aromatic N) is 1. The van der Waals surface area contributed by atoms with Crippen LogP contribution in [-0.4, -0.2) is 24.2 Å². The molecular weight excluding hydrogens is 292 g/mol. The zero-order valence-corrected chi connectivity index (χ0v) is 14.1. The Bertz CT molecular complexity index is 714. The van der Waals surface area contributed by atoms with Crippen molar-refractivity contribution in [2.75, 3.05) is 13.7 Å². The van der Waals surface area contributed by atoms with E-state index in [1.54, 1.807) is 11.6 Å². The van der Waals surface area contributed by atoms with E-state index in [2.05, 4.69) is 29.9 Å². The van der Waals surface area contributed by atoms with Crippen molar-refractivity contribution in [3.63, 3.8) is 0 Å². The van der Waals surface area contributed by atoms with Crippen LogP contribution in [0.4, 0.5) is 0 Å². The molecule has 0 aliphatic heterocycles. The molecule has 1 aromatic carbocycles. The maximum atomic E-state index is 12.0. The van der Waals surface area contributed by atoms with Crippen LogP contribution in [-0.2, 0) is 23.0 Å². The third-order valence-corrected chi connectivity index (χ3v) is 3.46. The quantitative estimate of drug-likeness (QED) is 0.875. The van der Waals surface area contributed by atoms with E-state index in [9.17, 15) is 9.59 Å². The standard InChI is InChI=1S/C15H17NO.C3H7NO2/c1-11-5-4-6-13(9-11)10-14-12(2)7-8-16(3)15(14)17;1-6-3(5)2-4/h4-9H,10H2,1-3H3;2,4H2,1H3. The van der Waals surface area contributed by atoms with E-state index in [4.69, 9.17) is 5.73 Å². The largest absolute Gasteiger partial charge is 0.468 e. The molecule has 0 aliphatic rings. The lowest BCUT2D eigenvalue weighted by atomic mass is 10.0. The second-order valence-corrected chi connectivity index (χ2v) is 5.34. The molecule has 0 atom stereocenters. The molecule has 0 amide bonds. The summed E-state index contributed by atoms with van der Waals surface area (Å²) in [6.07, 6.45) is 2.53. The molecule has 5 nitrogen and oxygen atoms in total. The van der Waals surface area contributed by atoms with Crippen molar-refractivity contribution in [1.82, 2.24) is 4.57 Å². The molecule has 1 aromatic heterocycles. The highest BCUT2D eigenvalue weighted by Crippen LogP contribution is 2.11. The van der Waals surface area contributed by atoms with Crippen molar-refractivity contribution in [3.05, 3.63) is 69.1 Å². The Labute approximate surface area is 136 Å². The number of pyridine rings is 1. The molecule has 124 valence electrons. The van der Waals surface area contributed by atoms with E-state index in [-0.39, 0.29) is 18.1 Å². The smallest absolute Gasteiger partial charge is 0.319 e. The second-order valence-electron chi connectivity index (χ2n) is 5.34. The molecule has 0 fully saturated rings. The summed E-state index contributed by atoms with van der Waals surface area (Å²) in [6, 6.07) is 10.3. The van der Waals surface area contributed by atoms with Crippen LogP contribution >= 0.6 is 0 Å². The van der Waals surface area contributed by atoms with Gasteiger partial charge in [-0.25, -0.2) is 0 Å². The van der Waals surface area contributed by atoms with Crippen LogP contribution < -0.4 is 11.3 Å². The lowest BCUT2D eigenvalue weighted by Gasteiger charge is -2.08. The fourth-order valence-corrected chi connectivity index (χ4v) is 2.10. The number of aryl methyl sites for hydroxylation is 3. The van der Waals surface area contributed by atoms with Crippen LogP contribution in [0.1, 0.15) is 22.3 Å². The summed E-state index contributed by atoms with van der Waals surface area (Å²) in [5, 5.41) is 0. The van der Waals surface area contributed by atoms with E-state index in [0.29, 0.717) is 6.42 Å². The van der Waals surface area contributed by atoms with Gasteiger partial charge in [0, 0.05) is 25.2 Å². The molecule has 0 aliphatic carbocycles. The monoisotopic (exact) mass is 316 g/mol. The highest BCUT2D eigenvalue weighted by Gasteiger charge is 2.06.